The molecule has 13 heavy (non-hydrogen) atoms. The molecule has 0 aliphatic carbocycles. The van der Waals surface area contributed by atoms with Crippen molar-refractivity contribution in [3.63, 3.8) is 0 Å². The Morgan fingerprint density at radius 3 is 2.69 bits per heavy atom. The van der Waals surface area contributed by atoms with Crippen LogP contribution in [0.4, 0.5) is 0 Å². The highest BCUT2D eigenvalue weighted by Gasteiger charge is 2.23. The summed E-state index contributed by atoms with van der Waals surface area (Å²) in [5.74, 6) is 0.100. The van der Waals surface area contributed by atoms with E-state index in [2.05, 4.69) is 5.32 Å². The zero-order valence-corrected chi connectivity index (χ0v) is 8.72. The molecule has 0 aromatic rings. The smallest absolute Gasteiger partial charge is 0.225 e. The Morgan fingerprint density at radius 1 is 1.54 bits per heavy atom. The van der Waals surface area contributed by atoms with Crippen LogP contribution in [-0.2, 0) is 9.53 Å². The number of rotatable bonds is 2. The predicted molar refractivity (Wildman–Crippen MR) is 51.4 cm³/mol. The normalized spacial score (nSPS) is 23.2. The molecule has 1 amide bonds. The van der Waals surface area contributed by atoms with Crippen molar-refractivity contribution < 1.29 is 9.53 Å². The maximum atomic E-state index is 11.5. The minimum atomic E-state index is -0.293. The fourth-order valence-corrected chi connectivity index (χ4v) is 1.28. The van der Waals surface area contributed by atoms with E-state index in [1.54, 1.807) is 0 Å². The predicted octanol–water partition coefficient (Wildman–Crippen LogP) is 1.33. The molecule has 0 radical (unpaired) electrons. The van der Waals surface area contributed by atoms with Crippen LogP contribution >= 0.6 is 0 Å². The maximum Gasteiger partial charge on any atom is 0.225 e. The van der Waals surface area contributed by atoms with Gasteiger partial charge in [-0.3, -0.25) is 4.79 Å². The Bertz CT molecular complexity index is 178. The van der Waals surface area contributed by atoms with Crippen LogP contribution in [0.2, 0.25) is 0 Å². The molecule has 3 heteroatoms. The zero-order valence-electron chi connectivity index (χ0n) is 8.72. The first kappa shape index (κ1) is 10.5. The lowest BCUT2D eigenvalue weighted by Crippen LogP contribution is -2.39. The summed E-state index contributed by atoms with van der Waals surface area (Å²) in [5, 5.41) is 2.90. The van der Waals surface area contributed by atoms with Gasteiger partial charge in [0, 0.05) is 18.6 Å². The average molecular weight is 185 g/mol. The molecule has 1 fully saturated rings. The van der Waals surface area contributed by atoms with Gasteiger partial charge in [-0.15, -0.1) is 0 Å². The van der Waals surface area contributed by atoms with Crippen molar-refractivity contribution in [2.24, 2.45) is 5.41 Å². The first-order valence-electron chi connectivity index (χ1n) is 4.90. The fourth-order valence-electron chi connectivity index (χ4n) is 1.28. The Morgan fingerprint density at radius 2 is 2.23 bits per heavy atom. The van der Waals surface area contributed by atoms with Crippen molar-refractivity contribution in [3.8, 4) is 0 Å². The Balaban J connectivity index is 2.22. The van der Waals surface area contributed by atoms with E-state index in [-0.39, 0.29) is 17.4 Å². The first-order chi connectivity index (χ1) is 6.00. The van der Waals surface area contributed by atoms with Crippen LogP contribution in [0.5, 0.6) is 0 Å². The third-order valence-corrected chi connectivity index (χ3v) is 2.20. The number of carbonyl (C=O) groups excluding carboxylic acids is 1. The lowest BCUT2D eigenvalue weighted by molar-refractivity contribution is -0.129. The highest BCUT2D eigenvalue weighted by Crippen LogP contribution is 2.14. The second kappa shape index (κ2) is 4.09. The lowest BCUT2D eigenvalue weighted by Gasteiger charge is -2.19. The van der Waals surface area contributed by atoms with Crippen LogP contribution in [0.25, 0.3) is 0 Å². The van der Waals surface area contributed by atoms with Crippen molar-refractivity contribution in [3.05, 3.63) is 0 Å². The van der Waals surface area contributed by atoms with E-state index in [1.165, 1.54) is 0 Å². The summed E-state index contributed by atoms with van der Waals surface area (Å²) in [6.07, 6.45) is 2.44. The van der Waals surface area contributed by atoms with E-state index in [1.807, 2.05) is 20.8 Å². The summed E-state index contributed by atoms with van der Waals surface area (Å²) < 4.78 is 5.40. The average Bonchev–Trinajstić information content (AvgIpc) is 2.50. The summed E-state index contributed by atoms with van der Waals surface area (Å²) in [6.45, 7) is 7.25. The molecule has 1 atom stereocenters. The van der Waals surface area contributed by atoms with Crippen LogP contribution in [-0.4, -0.2) is 25.2 Å². The Kier molecular flexibility index (Phi) is 3.31. The van der Waals surface area contributed by atoms with Gasteiger partial charge < -0.3 is 10.1 Å². The molecule has 1 N–H and O–H groups in total. The molecule has 1 aliphatic rings. The van der Waals surface area contributed by atoms with E-state index >= 15 is 0 Å². The molecule has 1 aliphatic heterocycles. The topological polar surface area (TPSA) is 38.3 Å². The number of hydrogen-bond donors (Lipinski definition) is 1. The lowest BCUT2D eigenvalue weighted by atomic mass is 9.95. The number of ether oxygens (including phenoxy) is 1. The number of amides is 1. The van der Waals surface area contributed by atoms with Gasteiger partial charge in [0.05, 0.1) is 6.10 Å². The molecule has 1 rings (SSSR count). The summed E-state index contributed by atoms with van der Waals surface area (Å²) in [5.41, 5.74) is -0.293. The van der Waals surface area contributed by atoms with Crippen molar-refractivity contribution >= 4 is 5.91 Å². The van der Waals surface area contributed by atoms with Gasteiger partial charge in [-0.2, -0.15) is 0 Å². The van der Waals surface area contributed by atoms with Crippen LogP contribution in [0.3, 0.4) is 0 Å². The summed E-state index contributed by atoms with van der Waals surface area (Å²) in [6, 6.07) is 0. The molecule has 0 saturated carbocycles. The van der Waals surface area contributed by atoms with Gasteiger partial charge in [-0.25, -0.2) is 0 Å². The van der Waals surface area contributed by atoms with E-state index in [0.717, 1.165) is 19.4 Å². The van der Waals surface area contributed by atoms with Crippen molar-refractivity contribution in [1.82, 2.24) is 5.32 Å². The fraction of sp³-hybridized carbons (Fsp3) is 0.900. The minimum absolute atomic E-state index is 0.100. The van der Waals surface area contributed by atoms with Crippen LogP contribution in [0.1, 0.15) is 33.6 Å². The molecule has 0 bridgehead atoms. The SMILES string of the molecule is CC(C)(C)C(=O)NCC1CCCO1. The first-order valence-corrected chi connectivity index (χ1v) is 4.90. The van der Waals surface area contributed by atoms with Crippen LogP contribution in [0, 0.1) is 5.41 Å². The van der Waals surface area contributed by atoms with Crippen molar-refractivity contribution in [1.29, 1.82) is 0 Å². The van der Waals surface area contributed by atoms with E-state index in [9.17, 15) is 4.79 Å². The number of nitrogens with one attached hydrogen (secondary N) is 1. The molecular weight excluding hydrogens is 166 g/mol. The molecule has 0 spiro atoms. The second-order valence-electron chi connectivity index (χ2n) is 4.60. The number of hydrogen-bond acceptors (Lipinski definition) is 2. The molecular formula is C10H19NO2. The van der Waals surface area contributed by atoms with E-state index in [0.29, 0.717) is 6.54 Å². The van der Waals surface area contributed by atoms with Crippen LogP contribution < -0.4 is 5.32 Å². The van der Waals surface area contributed by atoms with Crippen LogP contribution in [0.15, 0.2) is 0 Å². The number of carbonyl (C=O) groups is 1. The second-order valence-corrected chi connectivity index (χ2v) is 4.60. The maximum absolute atomic E-state index is 11.5. The third-order valence-electron chi connectivity index (χ3n) is 2.20. The molecule has 1 heterocycles. The molecule has 76 valence electrons. The highest BCUT2D eigenvalue weighted by molar-refractivity contribution is 5.81. The molecule has 3 nitrogen and oxygen atoms in total. The van der Waals surface area contributed by atoms with Gasteiger partial charge in [0.25, 0.3) is 0 Å². The van der Waals surface area contributed by atoms with E-state index in [4.69, 9.17) is 4.74 Å². The quantitative estimate of drug-likeness (QED) is 0.704. The summed E-state index contributed by atoms with van der Waals surface area (Å²) in [4.78, 5) is 11.5. The van der Waals surface area contributed by atoms with E-state index < -0.39 is 0 Å². The van der Waals surface area contributed by atoms with Gasteiger partial charge >= 0.3 is 0 Å². The molecule has 0 aromatic heterocycles. The van der Waals surface area contributed by atoms with Gasteiger partial charge in [0.2, 0.25) is 5.91 Å². The minimum Gasteiger partial charge on any atom is -0.376 e. The van der Waals surface area contributed by atoms with Crippen molar-refractivity contribution in [2.75, 3.05) is 13.2 Å². The standard InChI is InChI=1S/C10H19NO2/c1-10(2,3)9(12)11-7-8-5-4-6-13-8/h8H,4-7H2,1-3H3,(H,11,12). The summed E-state index contributed by atoms with van der Waals surface area (Å²) >= 11 is 0. The molecule has 1 unspecified atom stereocenters. The largest absolute Gasteiger partial charge is 0.376 e. The monoisotopic (exact) mass is 185 g/mol. The summed E-state index contributed by atoms with van der Waals surface area (Å²) in [7, 11) is 0. The van der Waals surface area contributed by atoms with Crippen molar-refractivity contribution in [2.45, 2.75) is 39.7 Å². The molecule has 0 aromatic carbocycles. The van der Waals surface area contributed by atoms with Gasteiger partial charge in [0.15, 0.2) is 0 Å². The van der Waals surface area contributed by atoms with Gasteiger partial charge in [-0.1, -0.05) is 20.8 Å². The Labute approximate surface area is 79.8 Å². The highest BCUT2D eigenvalue weighted by atomic mass is 16.5. The Hall–Kier alpha value is -0.570. The van der Waals surface area contributed by atoms with Gasteiger partial charge in [-0.05, 0) is 12.8 Å². The third kappa shape index (κ3) is 3.35. The molecule has 1 saturated heterocycles. The van der Waals surface area contributed by atoms with Gasteiger partial charge in [0.1, 0.15) is 0 Å². The zero-order chi connectivity index (χ0) is 9.90.